The van der Waals surface area contributed by atoms with Gasteiger partial charge in [-0.25, -0.2) is 0 Å². The molecule has 0 aliphatic rings. The van der Waals surface area contributed by atoms with Crippen molar-refractivity contribution in [3.63, 3.8) is 0 Å². The molecule has 2 aromatic heterocycles. The van der Waals surface area contributed by atoms with Crippen LogP contribution >= 0.6 is 11.3 Å². The summed E-state index contributed by atoms with van der Waals surface area (Å²) in [5.41, 5.74) is 1.92. The van der Waals surface area contributed by atoms with Crippen LogP contribution in [0.15, 0.2) is 81.3 Å². The van der Waals surface area contributed by atoms with Crippen LogP contribution < -0.4 is 10.3 Å². The molecule has 0 saturated carbocycles. The van der Waals surface area contributed by atoms with Gasteiger partial charge in [-0.2, -0.15) is 0 Å². The van der Waals surface area contributed by atoms with Crippen molar-refractivity contribution < 1.29 is 9.21 Å². The van der Waals surface area contributed by atoms with E-state index in [9.17, 15) is 9.59 Å². The fourth-order valence-electron chi connectivity index (χ4n) is 2.96. The zero-order valence-corrected chi connectivity index (χ0v) is 15.5. The van der Waals surface area contributed by atoms with Crippen molar-refractivity contribution in [2.45, 2.75) is 13.5 Å². The smallest absolute Gasteiger partial charge is 0.294 e. The highest BCUT2D eigenvalue weighted by Gasteiger charge is 2.22. The molecule has 0 aliphatic carbocycles. The molecule has 0 N–H and O–H groups in total. The average Bonchev–Trinajstić information content (AvgIpc) is 3.20. The molecule has 5 heteroatoms. The zero-order valence-electron chi connectivity index (χ0n) is 14.7. The number of rotatable bonds is 4. The van der Waals surface area contributed by atoms with E-state index in [1.807, 2.05) is 60.8 Å². The van der Waals surface area contributed by atoms with Crippen LogP contribution in [-0.2, 0) is 6.54 Å². The van der Waals surface area contributed by atoms with Crippen LogP contribution in [0, 0.1) is 6.92 Å². The Morgan fingerprint density at radius 3 is 2.59 bits per heavy atom. The van der Waals surface area contributed by atoms with Crippen molar-refractivity contribution in [1.29, 1.82) is 0 Å². The summed E-state index contributed by atoms with van der Waals surface area (Å²) in [6.07, 6.45) is 0. The number of para-hydroxylation sites is 1. The fraction of sp³-hybridized carbons (Fsp3) is 0.0909. The molecule has 2 aromatic carbocycles. The normalized spacial score (nSPS) is 10.9. The maximum Gasteiger partial charge on any atom is 0.294 e. The van der Waals surface area contributed by atoms with Gasteiger partial charge in [0, 0.05) is 16.6 Å². The number of fused-ring (bicyclic) bond motifs is 1. The van der Waals surface area contributed by atoms with Crippen molar-refractivity contribution in [3.8, 4) is 0 Å². The first kappa shape index (κ1) is 17.2. The van der Waals surface area contributed by atoms with E-state index in [1.165, 1.54) is 6.07 Å². The summed E-state index contributed by atoms with van der Waals surface area (Å²) in [5, 5.41) is 2.46. The number of thiophene rings is 1. The molecule has 0 bridgehead atoms. The summed E-state index contributed by atoms with van der Waals surface area (Å²) in [4.78, 5) is 28.4. The number of amides is 1. The van der Waals surface area contributed by atoms with E-state index in [4.69, 9.17) is 4.42 Å². The second kappa shape index (κ2) is 7.21. The minimum Gasteiger partial charge on any atom is -0.451 e. The van der Waals surface area contributed by atoms with Crippen LogP contribution in [-0.4, -0.2) is 5.91 Å². The number of hydrogen-bond acceptors (Lipinski definition) is 4. The lowest BCUT2D eigenvalue weighted by Gasteiger charge is -2.21. The van der Waals surface area contributed by atoms with Gasteiger partial charge >= 0.3 is 0 Å². The highest BCUT2D eigenvalue weighted by Crippen LogP contribution is 2.23. The van der Waals surface area contributed by atoms with Crippen molar-refractivity contribution >= 4 is 33.9 Å². The highest BCUT2D eigenvalue weighted by molar-refractivity contribution is 7.09. The molecule has 0 spiro atoms. The molecule has 0 saturated heterocycles. The minimum absolute atomic E-state index is 0.0387. The maximum atomic E-state index is 13.2. The van der Waals surface area contributed by atoms with Gasteiger partial charge in [0.05, 0.1) is 11.9 Å². The summed E-state index contributed by atoms with van der Waals surface area (Å²) in [7, 11) is 0. The number of anilines is 1. The van der Waals surface area contributed by atoms with E-state index in [-0.39, 0.29) is 17.1 Å². The van der Waals surface area contributed by atoms with Crippen LogP contribution in [0.3, 0.4) is 0 Å². The second-order valence-corrected chi connectivity index (χ2v) is 7.31. The van der Waals surface area contributed by atoms with E-state index < -0.39 is 0 Å². The molecule has 0 aliphatic heterocycles. The van der Waals surface area contributed by atoms with E-state index in [0.29, 0.717) is 17.5 Å². The predicted molar refractivity (Wildman–Crippen MR) is 108 cm³/mol. The van der Waals surface area contributed by atoms with Crippen LogP contribution in [0.5, 0.6) is 0 Å². The van der Waals surface area contributed by atoms with Gasteiger partial charge in [-0.05, 0) is 42.6 Å². The van der Waals surface area contributed by atoms with Crippen LogP contribution in [0.2, 0.25) is 0 Å². The number of benzene rings is 2. The Kier molecular flexibility index (Phi) is 4.60. The fourth-order valence-corrected chi connectivity index (χ4v) is 3.65. The Morgan fingerprint density at radius 1 is 1.04 bits per heavy atom. The van der Waals surface area contributed by atoms with Gasteiger partial charge in [0.1, 0.15) is 5.58 Å². The Labute approximate surface area is 160 Å². The minimum atomic E-state index is -0.339. The monoisotopic (exact) mass is 375 g/mol. The van der Waals surface area contributed by atoms with Crippen molar-refractivity contribution in [3.05, 3.63) is 98.5 Å². The first-order valence-corrected chi connectivity index (χ1v) is 9.43. The quantitative estimate of drug-likeness (QED) is 0.504. The zero-order chi connectivity index (χ0) is 18.8. The molecule has 0 atom stereocenters. The van der Waals surface area contributed by atoms with Gasteiger partial charge in [0.15, 0.2) is 11.2 Å². The first-order chi connectivity index (χ1) is 13.1. The van der Waals surface area contributed by atoms with Crippen LogP contribution in [0.25, 0.3) is 11.0 Å². The average molecular weight is 375 g/mol. The predicted octanol–water partition coefficient (Wildman–Crippen LogP) is 5.01. The van der Waals surface area contributed by atoms with Gasteiger partial charge in [0.2, 0.25) is 0 Å². The van der Waals surface area contributed by atoms with E-state index in [1.54, 1.807) is 28.4 Å². The number of carbonyl (C=O) groups excluding carboxylic acids is 1. The van der Waals surface area contributed by atoms with Crippen molar-refractivity contribution in [2.75, 3.05) is 4.90 Å². The molecule has 4 aromatic rings. The van der Waals surface area contributed by atoms with Crippen LogP contribution in [0.1, 0.15) is 21.0 Å². The molecular formula is C22H17NO3S. The standard InChI is InChI=1S/C22H17NO3S/c1-15-9-10-20-18(12-15)19(24)13-21(26-20)22(25)23(14-17-8-5-11-27-17)16-6-3-2-4-7-16/h2-13H,14H2,1H3. The van der Waals surface area contributed by atoms with E-state index in [2.05, 4.69) is 0 Å². The molecule has 0 fully saturated rings. The lowest BCUT2D eigenvalue weighted by atomic mass is 10.1. The molecule has 4 rings (SSSR count). The van der Waals surface area contributed by atoms with Crippen molar-refractivity contribution in [2.24, 2.45) is 0 Å². The number of carbonyl (C=O) groups is 1. The van der Waals surface area contributed by atoms with Gasteiger partial charge in [0.25, 0.3) is 5.91 Å². The molecule has 2 heterocycles. The molecule has 4 nitrogen and oxygen atoms in total. The third kappa shape index (κ3) is 3.55. The Morgan fingerprint density at radius 2 is 1.85 bits per heavy atom. The molecule has 1 amide bonds. The van der Waals surface area contributed by atoms with Crippen molar-refractivity contribution in [1.82, 2.24) is 0 Å². The molecule has 0 unspecified atom stereocenters. The molecule has 0 radical (unpaired) electrons. The summed E-state index contributed by atoms with van der Waals surface area (Å²) in [6, 6.07) is 20.0. The molecular weight excluding hydrogens is 358 g/mol. The number of nitrogens with zero attached hydrogens (tertiary/aromatic N) is 1. The summed E-state index contributed by atoms with van der Waals surface area (Å²) in [6.45, 7) is 2.33. The van der Waals surface area contributed by atoms with E-state index >= 15 is 0 Å². The van der Waals surface area contributed by atoms with Gasteiger partial charge in [-0.3, -0.25) is 9.59 Å². The van der Waals surface area contributed by atoms with Gasteiger partial charge < -0.3 is 9.32 Å². The topological polar surface area (TPSA) is 50.5 Å². The number of hydrogen-bond donors (Lipinski definition) is 0. The van der Waals surface area contributed by atoms with E-state index in [0.717, 1.165) is 16.1 Å². The summed E-state index contributed by atoms with van der Waals surface area (Å²) < 4.78 is 5.79. The third-order valence-corrected chi connectivity index (χ3v) is 5.16. The molecule has 134 valence electrons. The largest absolute Gasteiger partial charge is 0.451 e. The van der Waals surface area contributed by atoms with Gasteiger partial charge in [-0.1, -0.05) is 35.9 Å². The highest BCUT2D eigenvalue weighted by atomic mass is 32.1. The maximum absolute atomic E-state index is 13.2. The first-order valence-electron chi connectivity index (χ1n) is 8.55. The molecule has 27 heavy (non-hydrogen) atoms. The Bertz CT molecular complexity index is 1150. The lowest BCUT2D eigenvalue weighted by molar-refractivity contribution is 0.0959. The lowest BCUT2D eigenvalue weighted by Crippen LogP contribution is -2.30. The third-order valence-electron chi connectivity index (χ3n) is 4.30. The second-order valence-electron chi connectivity index (χ2n) is 6.28. The van der Waals surface area contributed by atoms with Crippen LogP contribution in [0.4, 0.5) is 5.69 Å². The SMILES string of the molecule is Cc1ccc2oc(C(=O)N(Cc3cccs3)c3ccccc3)cc(=O)c2c1. The Balaban J connectivity index is 1.78. The van der Waals surface area contributed by atoms with Gasteiger partial charge in [-0.15, -0.1) is 11.3 Å². The summed E-state index contributed by atoms with van der Waals surface area (Å²) in [5.74, 6) is -0.300. The number of aryl methyl sites for hydroxylation is 1. The summed E-state index contributed by atoms with van der Waals surface area (Å²) >= 11 is 1.58. The Hall–Kier alpha value is -3.18.